The van der Waals surface area contributed by atoms with Crippen molar-refractivity contribution >= 4 is 11.8 Å². The molecule has 0 heterocycles. The lowest BCUT2D eigenvalue weighted by Gasteiger charge is -2.06. The third-order valence-electron chi connectivity index (χ3n) is 2.71. The number of hydrogen-bond acceptors (Lipinski definition) is 2. The summed E-state index contributed by atoms with van der Waals surface area (Å²) in [4.78, 5) is 0.700. The van der Waals surface area contributed by atoms with Gasteiger partial charge < -0.3 is 4.74 Å². The van der Waals surface area contributed by atoms with Crippen molar-refractivity contribution in [3.63, 3.8) is 0 Å². The summed E-state index contributed by atoms with van der Waals surface area (Å²) in [5.41, 5.74) is 1.84. The molecule has 0 amide bonds. The standard InChI is InChI=1S/C15H15FOS/c1-11-4-3-5-14(15(11)16)18-10-12-6-8-13(17-2)9-7-12/h3-9H,10H2,1-2H3. The zero-order valence-corrected chi connectivity index (χ0v) is 11.3. The van der Waals surface area contributed by atoms with Crippen molar-refractivity contribution in [3.8, 4) is 5.75 Å². The van der Waals surface area contributed by atoms with Crippen LogP contribution in [0, 0.1) is 12.7 Å². The molecule has 0 saturated heterocycles. The van der Waals surface area contributed by atoms with Crippen molar-refractivity contribution in [2.75, 3.05) is 7.11 Å². The molecule has 0 aromatic heterocycles. The Balaban J connectivity index is 2.04. The maximum absolute atomic E-state index is 13.8. The third kappa shape index (κ3) is 3.05. The quantitative estimate of drug-likeness (QED) is 0.754. The first-order valence-electron chi connectivity index (χ1n) is 5.71. The van der Waals surface area contributed by atoms with E-state index in [0.29, 0.717) is 10.5 Å². The molecule has 0 fully saturated rings. The van der Waals surface area contributed by atoms with E-state index in [1.807, 2.05) is 36.4 Å². The smallest absolute Gasteiger partial charge is 0.139 e. The molecular formula is C15H15FOS. The van der Waals surface area contributed by atoms with Crippen molar-refractivity contribution in [1.29, 1.82) is 0 Å². The Kier molecular flexibility index (Phi) is 4.26. The fourth-order valence-corrected chi connectivity index (χ4v) is 2.59. The largest absolute Gasteiger partial charge is 0.497 e. The minimum Gasteiger partial charge on any atom is -0.497 e. The molecule has 2 aromatic carbocycles. The Morgan fingerprint density at radius 3 is 2.50 bits per heavy atom. The Morgan fingerprint density at radius 1 is 1.11 bits per heavy atom. The molecule has 2 aromatic rings. The second kappa shape index (κ2) is 5.91. The van der Waals surface area contributed by atoms with Crippen LogP contribution in [0.4, 0.5) is 4.39 Å². The van der Waals surface area contributed by atoms with Gasteiger partial charge in [0.15, 0.2) is 0 Å². The van der Waals surface area contributed by atoms with E-state index in [0.717, 1.165) is 17.1 Å². The van der Waals surface area contributed by atoms with Gasteiger partial charge in [0.05, 0.1) is 7.11 Å². The highest BCUT2D eigenvalue weighted by atomic mass is 32.2. The Morgan fingerprint density at radius 2 is 1.83 bits per heavy atom. The third-order valence-corrected chi connectivity index (χ3v) is 3.81. The molecular weight excluding hydrogens is 247 g/mol. The summed E-state index contributed by atoms with van der Waals surface area (Å²) >= 11 is 1.51. The second-order valence-corrected chi connectivity index (χ2v) is 5.04. The molecule has 0 saturated carbocycles. The van der Waals surface area contributed by atoms with E-state index in [1.54, 1.807) is 20.1 Å². The first kappa shape index (κ1) is 13.0. The van der Waals surface area contributed by atoms with Crippen molar-refractivity contribution in [1.82, 2.24) is 0 Å². The van der Waals surface area contributed by atoms with Gasteiger partial charge in [-0.15, -0.1) is 11.8 Å². The maximum Gasteiger partial charge on any atom is 0.139 e. The Hall–Kier alpha value is -1.48. The van der Waals surface area contributed by atoms with Gasteiger partial charge in [-0.25, -0.2) is 4.39 Å². The summed E-state index contributed by atoms with van der Waals surface area (Å²) in [7, 11) is 1.64. The van der Waals surface area contributed by atoms with E-state index in [2.05, 4.69) is 0 Å². The molecule has 3 heteroatoms. The number of halogens is 1. The minimum atomic E-state index is -0.115. The van der Waals surface area contributed by atoms with Crippen LogP contribution in [0.5, 0.6) is 5.75 Å². The zero-order chi connectivity index (χ0) is 13.0. The van der Waals surface area contributed by atoms with Gasteiger partial charge in [-0.05, 0) is 36.2 Å². The topological polar surface area (TPSA) is 9.23 Å². The van der Waals surface area contributed by atoms with Crippen LogP contribution in [0.1, 0.15) is 11.1 Å². The summed E-state index contributed by atoms with van der Waals surface area (Å²) < 4.78 is 18.9. The van der Waals surface area contributed by atoms with Gasteiger partial charge in [-0.2, -0.15) is 0 Å². The number of ether oxygens (including phenoxy) is 1. The number of methoxy groups -OCH3 is 1. The second-order valence-electron chi connectivity index (χ2n) is 4.02. The molecule has 0 N–H and O–H groups in total. The van der Waals surface area contributed by atoms with E-state index in [4.69, 9.17) is 4.74 Å². The van der Waals surface area contributed by atoms with Crippen LogP contribution in [-0.4, -0.2) is 7.11 Å². The van der Waals surface area contributed by atoms with Crippen LogP contribution < -0.4 is 4.74 Å². The summed E-state index contributed by atoms with van der Waals surface area (Å²) in [6, 6.07) is 13.3. The lowest BCUT2D eigenvalue weighted by atomic mass is 10.2. The van der Waals surface area contributed by atoms with Crippen molar-refractivity contribution in [2.45, 2.75) is 17.6 Å². The van der Waals surface area contributed by atoms with Crippen LogP contribution in [0.2, 0.25) is 0 Å². The molecule has 1 nitrogen and oxygen atoms in total. The summed E-state index contributed by atoms with van der Waals surface area (Å²) in [5, 5.41) is 0. The summed E-state index contributed by atoms with van der Waals surface area (Å²) in [5.74, 6) is 1.48. The van der Waals surface area contributed by atoms with E-state index >= 15 is 0 Å². The Bertz CT molecular complexity index is 523. The highest BCUT2D eigenvalue weighted by Gasteiger charge is 2.05. The SMILES string of the molecule is COc1ccc(CSc2cccc(C)c2F)cc1. The highest BCUT2D eigenvalue weighted by Crippen LogP contribution is 2.27. The van der Waals surface area contributed by atoms with Gasteiger partial charge in [0.1, 0.15) is 11.6 Å². The molecule has 0 aliphatic carbocycles. The van der Waals surface area contributed by atoms with Crippen LogP contribution >= 0.6 is 11.8 Å². The average Bonchev–Trinajstić information content (AvgIpc) is 2.41. The monoisotopic (exact) mass is 262 g/mol. The predicted octanol–water partition coefficient (Wildman–Crippen LogP) is 4.44. The molecule has 94 valence electrons. The molecule has 2 rings (SSSR count). The fourth-order valence-electron chi connectivity index (χ4n) is 1.61. The first-order valence-corrected chi connectivity index (χ1v) is 6.70. The van der Waals surface area contributed by atoms with Gasteiger partial charge in [0, 0.05) is 10.6 Å². The van der Waals surface area contributed by atoms with Gasteiger partial charge >= 0.3 is 0 Å². The molecule has 0 radical (unpaired) electrons. The molecule has 0 atom stereocenters. The molecule has 0 unspecified atom stereocenters. The molecule has 0 bridgehead atoms. The number of aryl methyl sites for hydroxylation is 1. The normalized spacial score (nSPS) is 10.4. The van der Waals surface area contributed by atoms with Crippen LogP contribution in [0.3, 0.4) is 0 Å². The van der Waals surface area contributed by atoms with Gasteiger partial charge in [-0.1, -0.05) is 24.3 Å². The fraction of sp³-hybridized carbons (Fsp3) is 0.200. The molecule has 0 aliphatic rings. The number of benzene rings is 2. The lowest BCUT2D eigenvalue weighted by Crippen LogP contribution is -1.88. The van der Waals surface area contributed by atoms with Gasteiger partial charge in [0.2, 0.25) is 0 Å². The van der Waals surface area contributed by atoms with E-state index in [9.17, 15) is 4.39 Å². The minimum absolute atomic E-state index is 0.115. The van der Waals surface area contributed by atoms with Gasteiger partial charge in [0.25, 0.3) is 0 Å². The Labute approximate surface area is 111 Å². The summed E-state index contributed by atoms with van der Waals surface area (Å²) in [6.45, 7) is 1.78. The number of hydrogen-bond donors (Lipinski definition) is 0. The molecule has 0 aliphatic heterocycles. The van der Waals surface area contributed by atoms with Crippen molar-refractivity contribution in [3.05, 3.63) is 59.4 Å². The number of rotatable bonds is 4. The van der Waals surface area contributed by atoms with Crippen LogP contribution in [0.25, 0.3) is 0 Å². The highest BCUT2D eigenvalue weighted by molar-refractivity contribution is 7.98. The number of thioether (sulfide) groups is 1. The van der Waals surface area contributed by atoms with Crippen LogP contribution in [-0.2, 0) is 5.75 Å². The van der Waals surface area contributed by atoms with E-state index in [1.165, 1.54) is 11.8 Å². The van der Waals surface area contributed by atoms with E-state index < -0.39 is 0 Å². The molecule has 18 heavy (non-hydrogen) atoms. The maximum atomic E-state index is 13.8. The van der Waals surface area contributed by atoms with E-state index in [-0.39, 0.29) is 5.82 Å². The van der Waals surface area contributed by atoms with Crippen LogP contribution in [0.15, 0.2) is 47.4 Å². The van der Waals surface area contributed by atoms with Gasteiger partial charge in [-0.3, -0.25) is 0 Å². The first-order chi connectivity index (χ1) is 8.70. The lowest BCUT2D eigenvalue weighted by molar-refractivity contribution is 0.414. The average molecular weight is 262 g/mol. The molecule has 0 spiro atoms. The van der Waals surface area contributed by atoms with Crippen molar-refractivity contribution in [2.24, 2.45) is 0 Å². The zero-order valence-electron chi connectivity index (χ0n) is 10.4. The summed E-state index contributed by atoms with van der Waals surface area (Å²) in [6.07, 6.45) is 0. The van der Waals surface area contributed by atoms with Crippen molar-refractivity contribution < 1.29 is 9.13 Å². The predicted molar refractivity (Wildman–Crippen MR) is 73.7 cm³/mol.